The van der Waals surface area contributed by atoms with Crippen LogP contribution in [-0.2, 0) is 0 Å². The molecule has 0 aliphatic carbocycles. The van der Waals surface area contributed by atoms with E-state index < -0.39 is 0 Å². The molecule has 2 aromatic heterocycles. The standard InChI is InChI=1S/C46H26OS/c1-3-11-32-27(9-1)23-28-10-2-4-12-33(28)45(32)36-20-19-31(34-13-5-6-14-35(34)36)29-17-21-41-39(24-29)40-25-30-18-22-44-46(38(30)26-42(40)47-41)37-15-7-8-16-43(37)48-44/h1-26H. The van der Waals surface area contributed by atoms with E-state index in [1.54, 1.807) is 0 Å². The Morgan fingerprint density at radius 1 is 0.354 bits per heavy atom. The third-order valence-electron chi connectivity index (χ3n) is 10.2. The van der Waals surface area contributed by atoms with Gasteiger partial charge in [-0.25, -0.2) is 0 Å². The smallest absolute Gasteiger partial charge is 0.136 e. The Balaban J connectivity index is 1.13. The molecule has 0 saturated carbocycles. The van der Waals surface area contributed by atoms with E-state index >= 15 is 0 Å². The second-order valence-electron chi connectivity index (χ2n) is 12.8. The summed E-state index contributed by atoms with van der Waals surface area (Å²) < 4.78 is 9.17. The first kappa shape index (κ1) is 26.1. The summed E-state index contributed by atoms with van der Waals surface area (Å²) in [5, 5.41) is 15.0. The second kappa shape index (κ2) is 9.78. The van der Waals surface area contributed by atoms with Gasteiger partial charge < -0.3 is 4.42 Å². The number of rotatable bonds is 2. The van der Waals surface area contributed by atoms with E-state index in [1.165, 1.54) is 85.5 Å². The number of fused-ring (bicyclic) bond motifs is 11. The molecule has 0 saturated heterocycles. The van der Waals surface area contributed by atoms with Crippen molar-refractivity contribution in [1.29, 1.82) is 0 Å². The van der Waals surface area contributed by atoms with Crippen LogP contribution >= 0.6 is 11.3 Å². The first-order chi connectivity index (χ1) is 23.8. The molecule has 0 amide bonds. The van der Waals surface area contributed by atoms with Gasteiger partial charge in [0.1, 0.15) is 11.2 Å². The average Bonchev–Trinajstić information content (AvgIpc) is 3.70. The fourth-order valence-corrected chi connectivity index (χ4v) is 9.18. The zero-order chi connectivity index (χ0) is 31.3. The molecule has 2 heteroatoms. The highest BCUT2D eigenvalue weighted by atomic mass is 32.1. The minimum Gasteiger partial charge on any atom is -0.456 e. The summed E-state index contributed by atoms with van der Waals surface area (Å²) >= 11 is 1.86. The van der Waals surface area contributed by atoms with Crippen molar-refractivity contribution < 1.29 is 4.42 Å². The lowest BCUT2D eigenvalue weighted by atomic mass is 9.87. The van der Waals surface area contributed by atoms with E-state index in [0.717, 1.165) is 21.9 Å². The summed E-state index contributed by atoms with van der Waals surface area (Å²) in [5.74, 6) is 0. The second-order valence-corrected chi connectivity index (χ2v) is 13.9. The SMILES string of the molecule is c1ccc2c(-c3ccc(-c4ccc5oc6cc7c(ccc8sc9ccccc9c87)cc6c5c4)c4ccccc34)c3ccccc3cc2c1. The quantitative estimate of drug-likeness (QED) is 0.174. The van der Waals surface area contributed by atoms with Crippen molar-refractivity contribution in [2.24, 2.45) is 0 Å². The molecule has 1 nitrogen and oxygen atoms in total. The topological polar surface area (TPSA) is 13.1 Å². The molecule has 0 N–H and O–H groups in total. The molecular weight excluding hydrogens is 601 g/mol. The van der Waals surface area contributed by atoms with Crippen molar-refractivity contribution in [1.82, 2.24) is 0 Å². The van der Waals surface area contributed by atoms with Crippen molar-refractivity contribution in [3.8, 4) is 22.3 Å². The largest absolute Gasteiger partial charge is 0.456 e. The molecule has 0 radical (unpaired) electrons. The van der Waals surface area contributed by atoms with Crippen LogP contribution in [0.1, 0.15) is 0 Å². The van der Waals surface area contributed by atoms with E-state index in [0.29, 0.717) is 0 Å². The van der Waals surface area contributed by atoms with Crippen molar-refractivity contribution in [3.63, 3.8) is 0 Å². The first-order valence-corrected chi connectivity index (χ1v) is 17.2. The van der Waals surface area contributed by atoms with Gasteiger partial charge in [0.05, 0.1) is 0 Å². The van der Waals surface area contributed by atoms with Crippen LogP contribution < -0.4 is 0 Å². The average molecular weight is 627 g/mol. The molecular formula is C46H26OS. The Hall–Kier alpha value is -5.96. The van der Waals surface area contributed by atoms with Crippen LogP contribution in [0, 0.1) is 0 Å². The minimum absolute atomic E-state index is 0.915. The van der Waals surface area contributed by atoms with Gasteiger partial charge in [-0.3, -0.25) is 0 Å². The van der Waals surface area contributed by atoms with Gasteiger partial charge in [-0.15, -0.1) is 11.3 Å². The highest BCUT2D eigenvalue weighted by molar-refractivity contribution is 7.26. The van der Waals surface area contributed by atoms with E-state index in [2.05, 4.69) is 158 Å². The Morgan fingerprint density at radius 3 is 1.77 bits per heavy atom. The highest BCUT2D eigenvalue weighted by Crippen LogP contribution is 2.44. The Labute approximate surface area is 279 Å². The summed E-state index contributed by atoms with van der Waals surface area (Å²) in [6.45, 7) is 0. The molecule has 0 spiro atoms. The van der Waals surface area contributed by atoms with Crippen LogP contribution in [0.5, 0.6) is 0 Å². The van der Waals surface area contributed by atoms with Gasteiger partial charge in [0.25, 0.3) is 0 Å². The minimum atomic E-state index is 0.915. The Bertz CT molecular complexity index is 3070. The van der Waals surface area contributed by atoms with Gasteiger partial charge in [-0.1, -0.05) is 115 Å². The molecule has 0 aliphatic rings. The fraction of sp³-hybridized carbons (Fsp3) is 0. The van der Waals surface area contributed by atoms with Crippen molar-refractivity contribution in [2.75, 3.05) is 0 Å². The maximum atomic E-state index is 6.54. The fourth-order valence-electron chi connectivity index (χ4n) is 8.06. The molecule has 0 atom stereocenters. The van der Waals surface area contributed by atoms with Crippen LogP contribution in [0.3, 0.4) is 0 Å². The van der Waals surface area contributed by atoms with Crippen LogP contribution in [-0.4, -0.2) is 0 Å². The summed E-state index contributed by atoms with van der Waals surface area (Å²) in [4.78, 5) is 0. The van der Waals surface area contributed by atoms with Crippen LogP contribution in [0.15, 0.2) is 162 Å². The summed E-state index contributed by atoms with van der Waals surface area (Å²) in [5.41, 5.74) is 6.81. The number of hydrogen-bond donors (Lipinski definition) is 0. The van der Waals surface area contributed by atoms with Gasteiger partial charge >= 0.3 is 0 Å². The number of benzene rings is 9. The molecule has 11 aromatic rings. The van der Waals surface area contributed by atoms with Crippen molar-refractivity contribution in [2.45, 2.75) is 0 Å². The predicted molar refractivity (Wildman–Crippen MR) is 208 cm³/mol. The Morgan fingerprint density at radius 2 is 0.979 bits per heavy atom. The first-order valence-electron chi connectivity index (χ1n) is 16.4. The molecule has 2 heterocycles. The molecule has 222 valence electrons. The number of furan rings is 1. The van der Waals surface area contributed by atoms with Gasteiger partial charge in [-0.2, -0.15) is 0 Å². The van der Waals surface area contributed by atoms with Crippen LogP contribution in [0.2, 0.25) is 0 Å². The zero-order valence-corrected chi connectivity index (χ0v) is 26.6. The van der Waals surface area contributed by atoms with Crippen molar-refractivity contribution >= 4 is 96.5 Å². The van der Waals surface area contributed by atoms with E-state index in [9.17, 15) is 0 Å². The van der Waals surface area contributed by atoms with E-state index in [-0.39, 0.29) is 0 Å². The van der Waals surface area contributed by atoms with E-state index in [1.807, 2.05) is 11.3 Å². The summed E-state index contributed by atoms with van der Waals surface area (Å²) in [7, 11) is 0. The Kier molecular flexibility index (Phi) is 5.32. The lowest BCUT2D eigenvalue weighted by Crippen LogP contribution is -1.89. The van der Waals surface area contributed by atoms with Crippen LogP contribution in [0.4, 0.5) is 0 Å². The maximum Gasteiger partial charge on any atom is 0.136 e. The summed E-state index contributed by atoms with van der Waals surface area (Å²) in [6.07, 6.45) is 0. The van der Waals surface area contributed by atoms with Crippen LogP contribution in [0.25, 0.3) is 107 Å². The van der Waals surface area contributed by atoms with Gasteiger partial charge in [0.2, 0.25) is 0 Å². The summed E-state index contributed by atoms with van der Waals surface area (Å²) in [6, 6.07) is 57.8. The molecule has 0 aliphatic heterocycles. The molecule has 0 unspecified atom stereocenters. The maximum absolute atomic E-state index is 6.54. The predicted octanol–water partition coefficient (Wildman–Crippen LogP) is 13.9. The lowest BCUT2D eigenvalue weighted by molar-refractivity contribution is 0.669. The molecule has 0 fully saturated rings. The highest BCUT2D eigenvalue weighted by Gasteiger charge is 2.17. The lowest BCUT2D eigenvalue weighted by Gasteiger charge is -2.16. The monoisotopic (exact) mass is 626 g/mol. The van der Waals surface area contributed by atoms with E-state index in [4.69, 9.17) is 4.42 Å². The van der Waals surface area contributed by atoms with Crippen molar-refractivity contribution in [3.05, 3.63) is 158 Å². The molecule has 9 aromatic carbocycles. The van der Waals surface area contributed by atoms with Gasteiger partial charge in [0, 0.05) is 30.9 Å². The normalized spacial score (nSPS) is 12.2. The number of thiophene rings is 1. The third kappa shape index (κ3) is 3.66. The van der Waals surface area contributed by atoms with Gasteiger partial charge in [0.15, 0.2) is 0 Å². The number of hydrogen-bond acceptors (Lipinski definition) is 2. The molecule has 0 bridgehead atoms. The zero-order valence-electron chi connectivity index (χ0n) is 25.8. The molecule has 11 rings (SSSR count). The molecule has 48 heavy (non-hydrogen) atoms. The third-order valence-corrected chi connectivity index (χ3v) is 11.4. The van der Waals surface area contributed by atoms with Gasteiger partial charge in [-0.05, 0) is 108 Å².